The number of hydrogen-bond donors (Lipinski definition) is 0. The third-order valence-corrected chi connectivity index (χ3v) is 4.24. The number of allylic oxidation sites excluding steroid dienone is 2. The summed E-state index contributed by atoms with van der Waals surface area (Å²) in [7, 11) is 0. The van der Waals surface area contributed by atoms with Gasteiger partial charge in [0.25, 0.3) is 0 Å². The maximum atomic E-state index is 11.6. The number of rotatable bonds is 5. The molecule has 0 N–H and O–H groups in total. The molecule has 1 heteroatoms. The minimum atomic E-state index is 0.788. The van der Waals surface area contributed by atoms with E-state index in [4.69, 9.17) is 0 Å². The summed E-state index contributed by atoms with van der Waals surface area (Å²) in [6.45, 7) is 2.09. The first-order valence-corrected chi connectivity index (χ1v) is 7.97. The van der Waals surface area contributed by atoms with Crippen LogP contribution in [-0.2, 0) is 6.42 Å². The van der Waals surface area contributed by atoms with E-state index in [0.717, 1.165) is 46.6 Å². The van der Waals surface area contributed by atoms with Gasteiger partial charge in [0.2, 0.25) is 0 Å². The smallest absolute Gasteiger partial charge is 0.151 e. The molecule has 3 aromatic carbocycles. The van der Waals surface area contributed by atoms with Gasteiger partial charge >= 0.3 is 0 Å². The van der Waals surface area contributed by atoms with E-state index in [1.165, 1.54) is 5.56 Å². The maximum absolute atomic E-state index is 11.6. The third-order valence-electron chi connectivity index (χ3n) is 4.24. The maximum Gasteiger partial charge on any atom is 0.151 e. The van der Waals surface area contributed by atoms with Crippen molar-refractivity contribution in [2.75, 3.05) is 0 Å². The Bertz CT molecular complexity index is 844. The number of carbonyl (C=O) groups is 1. The summed E-state index contributed by atoms with van der Waals surface area (Å²) in [6, 6.07) is 22.7. The summed E-state index contributed by atoms with van der Waals surface area (Å²) < 4.78 is 0. The molecule has 0 aromatic heterocycles. The van der Waals surface area contributed by atoms with Crippen molar-refractivity contribution in [1.82, 2.24) is 0 Å². The van der Waals surface area contributed by atoms with Crippen molar-refractivity contribution >= 4 is 22.6 Å². The number of aryl methyl sites for hydroxylation is 1. The fourth-order valence-corrected chi connectivity index (χ4v) is 2.98. The molecule has 3 aromatic rings. The van der Waals surface area contributed by atoms with Crippen molar-refractivity contribution in [3.8, 4) is 0 Å². The van der Waals surface area contributed by atoms with Gasteiger partial charge in [0, 0.05) is 5.56 Å². The highest BCUT2D eigenvalue weighted by molar-refractivity contribution is 6.02. The highest BCUT2D eigenvalue weighted by Crippen LogP contribution is 2.26. The van der Waals surface area contributed by atoms with Crippen molar-refractivity contribution in [2.45, 2.75) is 19.8 Å². The fourth-order valence-electron chi connectivity index (χ4n) is 2.98. The first kappa shape index (κ1) is 15.2. The molecule has 0 fully saturated rings. The third kappa shape index (κ3) is 3.40. The molecule has 0 saturated carbocycles. The summed E-state index contributed by atoms with van der Waals surface area (Å²) in [6.07, 6.45) is 5.19. The van der Waals surface area contributed by atoms with Crippen LogP contribution >= 0.6 is 0 Å². The van der Waals surface area contributed by atoms with Gasteiger partial charge in [-0.1, -0.05) is 72.8 Å². The number of fused-ring (bicyclic) bond motifs is 1. The van der Waals surface area contributed by atoms with Crippen LogP contribution in [0.25, 0.3) is 16.3 Å². The topological polar surface area (TPSA) is 17.1 Å². The first-order chi connectivity index (χ1) is 11.3. The molecular formula is C22H20O. The Balaban J connectivity index is 1.86. The second kappa shape index (κ2) is 7.06. The molecule has 0 aliphatic heterocycles. The highest BCUT2D eigenvalue weighted by Gasteiger charge is 2.07. The molecule has 0 bridgehead atoms. The molecule has 0 spiro atoms. The van der Waals surface area contributed by atoms with Gasteiger partial charge in [-0.05, 0) is 47.2 Å². The van der Waals surface area contributed by atoms with Gasteiger partial charge in [-0.25, -0.2) is 0 Å². The largest absolute Gasteiger partial charge is 0.298 e. The van der Waals surface area contributed by atoms with Crippen LogP contribution in [0.3, 0.4) is 0 Å². The van der Waals surface area contributed by atoms with Gasteiger partial charge in [0.15, 0.2) is 6.29 Å². The van der Waals surface area contributed by atoms with E-state index in [-0.39, 0.29) is 0 Å². The fraction of sp³-hybridized carbons (Fsp3) is 0.136. The number of benzene rings is 3. The van der Waals surface area contributed by atoms with Gasteiger partial charge in [0.05, 0.1) is 0 Å². The molecule has 3 rings (SSSR count). The second-order valence-electron chi connectivity index (χ2n) is 5.78. The Labute approximate surface area is 137 Å². The van der Waals surface area contributed by atoms with Gasteiger partial charge in [-0.3, -0.25) is 4.79 Å². The van der Waals surface area contributed by atoms with Crippen molar-refractivity contribution in [1.29, 1.82) is 0 Å². The van der Waals surface area contributed by atoms with E-state index in [0.29, 0.717) is 0 Å². The Hall–Kier alpha value is -2.67. The van der Waals surface area contributed by atoms with Crippen LogP contribution in [0.5, 0.6) is 0 Å². The van der Waals surface area contributed by atoms with Gasteiger partial charge in [0.1, 0.15) is 0 Å². The number of aldehydes is 1. The molecule has 0 aliphatic carbocycles. The summed E-state index contributed by atoms with van der Waals surface area (Å²) in [5, 5.41) is 2.13. The van der Waals surface area contributed by atoms with E-state index >= 15 is 0 Å². The predicted molar refractivity (Wildman–Crippen MR) is 97.7 cm³/mol. The van der Waals surface area contributed by atoms with Crippen LogP contribution in [0.2, 0.25) is 0 Å². The SMILES string of the molecule is CC(=CCCc1ccccc1)c1ccc2ccccc2c1C=O. The van der Waals surface area contributed by atoms with E-state index in [9.17, 15) is 4.79 Å². The van der Waals surface area contributed by atoms with E-state index in [2.05, 4.69) is 49.4 Å². The zero-order valence-electron chi connectivity index (χ0n) is 13.3. The van der Waals surface area contributed by atoms with Crippen LogP contribution in [0.1, 0.15) is 34.8 Å². The zero-order chi connectivity index (χ0) is 16.1. The van der Waals surface area contributed by atoms with Gasteiger partial charge in [-0.2, -0.15) is 0 Å². The second-order valence-corrected chi connectivity index (χ2v) is 5.78. The molecule has 0 unspecified atom stereocenters. The zero-order valence-corrected chi connectivity index (χ0v) is 13.3. The first-order valence-electron chi connectivity index (χ1n) is 7.97. The minimum absolute atomic E-state index is 0.788. The summed E-state index contributed by atoms with van der Waals surface area (Å²) in [5.74, 6) is 0. The van der Waals surface area contributed by atoms with Crippen LogP contribution in [0.4, 0.5) is 0 Å². The van der Waals surface area contributed by atoms with E-state index in [1.54, 1.807) is 0 Å². The van der Waals surface area contributed by atoms with Crippen molar-refractivity contribution < 1.29 is 4.79 Å². The Kier molecular flexibility index (Phi) is 4.68. The van der Waals surface area contributed by atoms with Crippen LogP contribution < -0.4 is 0 Å². The lowest BCUT2D eigenvalue weighted by Gasteiger charge is -2.09. The van der Waals surface area contributed by atoms with Crippen LogP contribution in [-0.4, -0.2) is 6.29 Å². The lowest BCUT2D eigenvalue weighted by atomic mass is 9.94. The highest BCUT2D eigenvalue weighted by atomic mass is 16.1. The quantitative estimate of drug-likeness (QED) is 0.553. The normalized spacial score (nSPS) is 11.6. The van der Waals surface area contributed by atoms with Gasteiger partial charge in [-0.15, -0.1) is 0 Å². The average Bonchev–Trinajstić information content (AvgIpc) is 2.61. The molecule has 0 atom stereocenters. The van der Waals surface area contributed by atoms with E-state index in [1.807, 2.05) is 30.3 Å². The van der Waals surface area contributed by atoms with Crippen LogP contribution in [0.15, 0.2) is 72.8 Å². The Morgan fingerprint density at radius 1 is 0.913 bits per heavy atom. The molecule has 0 radical (unpaired) electrons. The summed E-state index contributed by atoms with van der Waals surface area (Å²) in [5.41, 5.74) is 4.32. The molecular weight excluding hydrogens is 280 g/mol. The predicted octanol–water partition coefficient (Wildman–Crippen LogP) is 5.69. The Morgan fingerprint density at radius 2 is 1.65 bits per heavy atom. The molecule has 114 valence electrons. The number of carbonyl (C=O) groups excluding carboxylic acids is 1. The lowest BCUT2D eigenvalue weighted by molar-refractivity contribution is 0.112. The molecule has 0 amide bonds. The van der Waals surface area contributed by atoms with Crippen molar-refractivity contribution in [3.63, 3.8) is 0 Å². The van der Waals surface area contributed by atoms with Crippen molar-refractivity contribution in [2.24, 2.45) is 0 Å². The average molecular weight is 300 g/mol. The molecule has 0 aliphatic rings. The van der Waals surface area contributed by atoms with Crippen LogP contribution in [0, 0.1) is 0 Å². The number of hydrogen-bond acceptors (Lipinski definition) is 1. The molecule has 0 saturated heterocycles. The lowest BCUT2D eigenvalue weighted by Crippen LogP contribution is -1.93. The molecule has 23 heavy (non-hydrogen) atoms. The summed E-state index contributed by atoms with van der Waals surface area (Å²) >= 11 is 0. The minimum Gasteiger partial charge on any atom is -0.298 e. The van der Waals surface area contributed by atoms with E-state index < -0.39 is 0 Å². The monoisotopic (exact) mass is 300 g/mol. The molecule has 0 heterocycles. The Morgan fingerprint density at radius 3 is 2.43 bits per heavy atom. The van der Waals surface area contributed by atoms with Crippen molar-refractivity contribution in [3.05, 3.63) is 89.5 Å². The molecule has 1 nitrogen and oxygen atoms in total. The van der Waals surface area contributed by atoms with Gasteiger partial charge < -0.3 is 0 Å². The standard InChI is InChI=1S/C22H20O/c1-17(8-7-11-18-9-3-2-4-10-18)20-15-14-19-12-5-6-13-21(19)22(20)16-23/h2-6,8-10,12-16H,7,11H2,1H3. The summed E-state index contributed by atoms with van der Waals surface area (Å²) in [4.78, 5) is 11.6.